The highest BCUT2D eigenvalue weighted by molar-refractivity contribution is 5.96. The van der Waals surface area contributed by atoms with Crippen LogP contribution in [-0.4, -0.2) is 12.5 Å². The van der Waals surface area contributed by atoms with Gasteiger partial charge in [0.2, 0.25) is 5.91 Å². The monoisotopic (exact) mass is 139 g/mol. The van der Waals surface area contributed by atoms with Gasteiger partial charge in [0.25, 0.3) is 0 Å². The van der Waals surface area contributed by atoms with E-state index in [2.05, 4.69) is 5.32 Å². The predicted molar refractivity (Wildman–Crippen MR) is 40.5 cm³/mol. The second-order valence-electron chi connectivity index (χ2n) is 3.58. The van der Waals surface area contributed by atoms with Crippen LogP contribution in [0.1, 0.15) is 20.8 Å². The highest BCUT2D eigenvalue weighted by Gasteiger charge is 2.25. The van der Waals surface area contributed by atoms with Crippen molar-refractivity contribution in [3.05, 3.63) is 11.6 Å². The molecule has 0 aromatic carbocycles. The summed E-state index contributed by atoms with van der Waals surface area (Å²) in [6.45, 7) is 6.84. The van der Waals surface area contributed by atoms with E-state index < -0.39 is 0 Å². The molecule has 0 aliphatic carbocycles. The van der Waals surface area contributed by atoms with Crippen LogP contribution in [0.3, 0.4) is 0 Å². The Morgan fingerprint density at radius 2 is 2.10 bits per heavy atom. The van der Waals surface area contributed by atoms with Crippen molar-refractivity contribution in [2.75, 3.05) is 6.54 Å². The number of hydrogen-bond acceptors (Lipinski definition) is 1. The lowest BCUT2D eigenvalue weighted by Gasteiger charge is -2.17. The molecule has 0 fully saturated rings. The molecule has 0 aromatic rings. The van der Waals surface area contributed by atoms with Crippen molar-refractivity contribution in [1.29, 1.82) is 0 Å². The average Bonchev–Trinajstić information content (AvgIpc) is 2.11. The fourth-order valence-electron chi connectivity index (χ4n) is 1.08. The molecule has 56 valence electrons. The molecule has 0 bridgehead atoms. The summed E-state index contributed by atoms with van der Waals surface area (Å²) in [6.07, 6.45) is 1.96. The molecule has 0 spiro atoms. The molecule has 1 N–H and O–H groups in total. The lowest BCUT2D eigenvalue weighted by atomic mass is 9.87. The lowest BCUT2D eigenvalue weighted by molar-refractivity contribution is -0.117. The first kappa shape index (κ1) is 7.32. The summed E-state index contributed by atoms with van der Waals surface area (Å²) in [5, 5.41) is 2.74. The van der Waals surface area contributed by atoms with E-state index in [4.69, 9.17) is 0 Å². The van der Waals surface area contributed by atoms with Crippen molar-refractivity contribution in [3.63, 3.8) is 0 Å². The van der Waals surface area contributed by atoms with Crippen molar-refractivity contribution < 1.29 is 4.79 Å². The molecule has 10 heavy (non-hydrogen) atoms. The summed E-state index contributed by atoms with van der Waals surface area (Å²) in [5.74, 6) is 0.0903. The Labute approximate surface area is 61.3 Å². The third-order valence-electron chi connectivity index (χ3n) is 1.62. The van der Waals surface area contributed by atoms with Crippen molar-refractivity contribution in [2.45, 2.75) is 20.8 Å². The zero-order chi connectivity index (χ0) is 7.78. The van der Waals surface area contributed by atoms with Crippen molar-refractivity contribution in [2.24, 2.45) is 5.41 Å². The predicted octanol–water partition coefficient (Wildman–Crippen LogP) is 1.09. The summed E-state index contributed by atoms with van der Waals surface area (Å²) in [4.78, 5) is 11.0. The zero-order valence-electron chi connectivity index (χ0n) is 6.69. The fourth-order valence-corrected chi connectivity index (χ4v) is 1.08. The SMILES string of the molecule is CC(C)(C)C1=CCNC1=O. The minimum atomic E-state index is 0.000579. The Hall–Kier alpha value is -0.790. The number of carbonyl (C=O) groups is 1. The number of carbonyl (C=O) groups excluding carboxylic acids is 1. The molecule has 1 heterocycles. The van der Waals surface area contributed by atoms with E-state index in [0.29, 0.717) is 6.54 Å². The molecule has 1 aliphatic rings. The molecule has 2 nitrogen and oxygen atoms in total. The maximum Gasteiger partial charge on any atom is 0.247 e. The second-order valence-corrected chi connectivity index (χ2v) is 3.58. The van der Waals surface area contributed by atoms with E-state index in [9.17, 15) is 4.79 Å². The molecule has 0 unspecified atom stereocenters. The van der Waals surface area contributed by atoms with E-state index in [0.717, 1.165) is 5.57 Å². The highest BCUT2D eigenvalue weighted by Crippen LogP contribution is 2.26. The molecule has 0 radical (unpaired) electrons. The van der Waals surface area contributed by atoms with Crippen LogP contribution in [0.2, 0.25) is 0 Å². The molecular formula is C8H13NO. The van der Waals surface area contributed by atoms with E-state index >= 15 is 0 Å². The minimum Gasteiger partial charge on any atom is -0.349 e. The minimum absolute atomic E-state index is 0.000579. The van der Waals surface area contributed by atoms with Gasteiger partial charge >= 0.3 is 0 Å². The molecule has 0 aromatic heterocycles. The Kier molecular flexibility index (Phi) is 1.55. The summed E-state index contributed by atoms with van der Waals surface area (Å²) < 4.78 is 0. The first-order valence-electron chi connectivity index (χ1n) is 3.50. The van der Waals surface area contributed by atoms with Crippen LogP contribution < -0.4 is 5.32 Å². The molecule has 0 atom stereocenters. The quantitative estimate of drug-likeness (QED) is 0.534. The summed E-state index contributed by atoms with van der Waals surface area (Å²) in [7, 11) is 0. The number of hydrogen-bond donors (Lipinski definition) is 1. The largest absolute Gasteiger partial charge is 0.349 e. The van der Waals surface area contributed by atoms with E-state index in [1.165, 1.54) is 0 Å². The molecule has 1 aliphatic heterocycles. The Morgan fingerprint density at radius 1 is 1.50 bits per heavy atom. The smallest absolute Gasteiger partial charge is 0.247 e. The fraction of sp³-hybridized carbons (Fsp3) is 0.625. The molecule has 2 heteroatoms. The van der Waals surface area contributed by atoms with E-state index in [-0.39, 0.29) is 11.3 Å². The summed E-state index contributed by atoms with van der Waals surface area (Å²) >= 11 is 0. The topological polar surface area (TPSA) is 29.1 Å². The van der Waals surface area contributed by atoms with E-state index in [1.807, 2.05) is 26.8 Å². The standard InChI is InChI=1S/C8H13NO/c1-8(2,3)6-4-5-9-7(6)10/h4H,5H2,1-3H3,(H,9,10). The van der Waals surface area contributed by atoms with Crippen LogP contribution in [0, 0.1) is 5.41 Å². The maximum atomic E-state index is 11.0. The number of nitrogens with one attached hydrogen (secondary N) is 1. The van der Waals surface area contributed by atoms with Gasteiger partial charge < -0.3 is 5.32 Å². The van der Waals surface area contributed by atoms with Gasteiger partial charge in [-0.3, -0.25) is 4.79 Å². The van der Waals surface area contributed by atoms with Gasteiger partial charge in [0.1, 0.15) is 0 Å². The van der Waals surface area contributed by atoms with Gasteiger partial charge in [0.05, 0.1) is 0 Å². The maximum absolute atomic E-state index is 11.0. The first-order valence-corrected chi connectivity index (χ1v) is 3.50. The number of rotatable bonds is 0. The van der Waals surface area contributed by atoms with Gasteiger partial charge in [-0.15, -0.1) is 0 Å². The van der Waals surface area contributed by atoms with Crippen LogP contribution in [0.4, 0.5) is 0 Å². The van der Waals surface area contributed by atoms with Gasteiger partial charge in [-0.2, -0.15) is 0 Å². The third kappa shape index (κ3) is 1.20. The van der Waals surface area contributed by atoms with Gasteiger partial charge in [-0.05, 0) is 5.41 Å². The van der Waals surface area contributed by atoms with Gasteiger partial charge in [0.15, 0.2) is 0 Å². The second kappa shape index (κ2) is 2.11. The van der Waals surface area contributed by atoms with Crippen molar-refractivity contribution in [1.82, 2.24) is 5.32 Å². The van der Waals surface area contributed by atoms with Crippen LogP contribution in [-0.2, 0) is 4.79 Å². The molecule has 0 saturated carbocycles. The summed E-state index contributed by atoms with van der Waals surface area (Å²) in [5.41, 5.74) is 0.910. The van der Waals surface area contributed by atoms with Crippen molar-refractivity contribution >= 4 is 5.91 Å². The van der Waals surface area contributed by atoms with Gasteiger partial charge in [0, 0.05) is 12.1 Å². The Balaban J connectivity index is 2.82. The van der Waals surface area contributed by atoms with E-state index in [1.54, 1.807) is 0 Å². The van der Waals surface area contributed by atoms with Crippen LogP contribution in [0.15, 0.2) is 11.6 Å². The zero-order valence-corrected chi connectivity index (χ0v) is 6.69. The van der Waals surface area contributed by atoms with Crippen LogP contribution in [0.25, 0.3) is 0 Å². The third-order valence-corrected chi connectivity index (χ3v) is 1.62. The molecular weight excluding hydrogens is 126 g/mol. The normalized spacial score (nSPS) is 18.7. The Bertz CT molecular complexity index is 186. The van der Waals surface area contributed by atoms with Crippen molar-refractivity contribution in [3.8, 4) is 0 Å². The van der Waals surface area contributed by atoms with Crippen LogP contribution >= 0.6 is 0 Å². The number of amides is 1. The molecule has 0 saturated heterocycles. The summed E-state index contributed by atoms with van der Waals surface area (Å²) in [6, 6.07) is 0. The molecule has 1 amide bonds. The first-order chi connectivity index (χ1) is 4.52. The Morgan fingerprint density at radius 3 is 2.30 bits per heavy atom. The van der Waals surface area contributed by atoms with Crippen LogP contribution in [0.5, 0.6) is 0 Å². The highest BCUT2D eigenvalue weighted by atomic mass is 16.1. The van der Waals surface area contributed by atoms with Gasteiger partial charge in [-0.1, -0.05) is 26.8 Å². The lowest BCUT2D eigenvalue weighted by Crippen LogP contribution is -2.23. The average molecular weight is 139 g/mol. The molecule has 1 rings (SSSR count). The van der Waals surface area contributed by atoms with Gasteiger partial charge in [-0.25, -0.2) is 0 Å².